The standard InChI is InChI=1S/C10H18ClN5/c1-7-8(12)9(15-10(11)14-7)13-5-4-6-16(2)3/h4-6,12H2,1-3H3,(H,13,14,15). The average molecular weight is 244 g/mol. The quantitative estimate of drug-likeness (QED) is 0.604. The van der Waals surface area contributed by atoms with Gasteiger partial charge in [0.15, 0.2) is 5.82 Å². The highest BCUT2D eigenvalue weighted by Crippen LogP contribution is 2.20. The SMILES string of the molecule is Cc1nc(Cl)nc(NCCCN(C)C)c1N. The maximum absolute atomic E-state index is 5.84. The number of rotatable bonds is 5. The zero-order valence-corrected chi connectivity index (χ0v) is 10.7. The van der Waals surface area contributed by atoms with Crippen LogP contribution in [-0.4, -0.2) is 42.1 Å². The van der Waals surface area contributed by atoms with Gasteiger partial charge in [-0.15, -0.1) is 0 Å². The number of hydrogen-bond acceptors (Lipinski definition) is 5. The Morgan fingerprint density at radius 3 is 2.69 bits per heavy atom. The van der Waals surface area contributed by atoms with E-state index in [4.69, 9.17) is 17.3 Å². The molecule has 0 spiro atoms. The summed E-state index contributed by atoms with van der Waals surface area (Å²) < 4.78 is 0. The first-order valence-corrected chi connectivity index (χ1v) is 5.56. The predicted octanol–water partition coefficient (Wildman–Crippen LogP) is 1.38. The van der Waals surface area contributed by atoms with Gasteiger partial charge in [0.2, 0.25) is 5.28 Å². The largest absolute Gasteiger partial charge is 0.394 e. The molecule has 1 aromatic heterocycles. The second-order valence-corrected chi connectivity index (χ2v) is 4.26. The molecule has 0 aliphatic heterocycles. The molecule has 0 aromatic carbocycles. The van der Waals surface area contributed by atoms with Crippen LogP contribution in [0.15, 0.2) is 0 Å². The maximum atomic E-state index is 5.84. The van der Waals surface area contributed by atoms with E-state index in [-0.39, 0.29) is 5.28 Å². The van der Waals surface area contributed by atoms with Gasteiger partial charge in [-0.3, -0.25) is 0 Å². The van der Waals surface area contributed by atoms with Gasteiger partial charge in [0.25, 0.3) is 0 Å². The molecule has 16 heavy (non-hydrogen) atoms. The van der Waals surface area contributed by atoms with Crippen molar-refractivity contribution in [2.75, 3.05) is 38.2 Å². The van der Waals surface area contributed by atoms with Gasteiger partial charge >= 0.3 is 0 Å². The van der Waals surface area contributed by atoms with Gasteiger partial charge in [-0.1, -0.05) is 0 Å². The Hall–Kier alpha value is -1.07. The molecule has 1 aromatic rings. The molecule has 0 unspecified atom stereocenters. The molecule has 0 bridgehead atoms. The molecule has 0 aliphatic carbocycles. The minimum absolute atomic E-state index is 0.224. The molecule has 0 saturated heterocycles. The number of nitrogens with two attached hydrogens (primary N) is 1. The van der Waals surface area contributed by atoms with Crippen molar-refractivity contribution in [3.8, 4) is 0 Å². The fraction of sp³-hybridized carbons (Fsp3) is 0.600. The highest BCUT2D eigenvalue weighted by molar-refractivity contribution is 6.28. The molecular weight excluding hydrogens is 226 g/mol. The highest BCUT2D eigenvalue weighted by atomic mass is 35.5. The van der Waals surface area contributed by atoms with Crippen LogP contribution in [0.4, 0.5) is 11.5 Å². The van der Waals surface area contributed by atoms with E-state index in [9.17, 15) is 0 Å². The predicted molar refractivity (Wildman–Crippen MR) is 67.9 cm³/mol. The molecule has 3 N–H and O–H groups in total. The van der Waals surface area contributed by atoms with Crippen LogP contribution in [0.1, 0.15) is 12.1 Å². The molecule has 0 aliphatic rings. The van der Waals surface area contributed by atoms with Crippen LogP contribution in [0.2, 0.25) is 5.28 Å². The van der Waals surface area contributed by atoms with Gasteiger partial charge in [-0.05, 0) is 45.6 Å². The van der Waals surface area contributed by atoms with Crippen LogP contribution in [0.25, 0.3) is 0 Å². The summed E-state index contributed by atoms with van der Waals surface area (Å²) in [5.74, 6) is 0.622. The summed E-state index contributed by atoms with van der Waals surface area (Å²) in [6.45, 7) is 3.65. The molecule has 90 valence electrons. The molecule has 1 rings (SSSR count). The first-order valence-electron chi connectivity index (χ1n) is 5.19. The fourth-order valence-corrected chi connectivity index (χ4v) is 1.50. The van der Waals surface area contributed by atoms with Crippen LogP contribution in [0.3, 0.4) is 0 Å². The van der Waals surface area contributed by atoms with Gasteiger partial charge in [-0.25, -0.2) is 4.98 Å². The minimum Gasteiger partial charge on any atom is -0.394 e. The van der Waals surface area contributed by atoms with Crippen molar-refractivity contribution < 1.29 is 0 Å². The van der Waals surface area contributed by atoms with Crippen molar-refractivity contribution >= 4 is 23.1 Å². The number of anilines is 2. The molecule has 0 amide bonds. The number of aryl methyl sites for hydroxylation is 1. The molecule has 0 radical (unpaired) electrons. The Kier molecular flexibility index (Phi) is 4.76. The topological polar surface area (TPSA) is 67.1 Å². The van der Waals surface area contributed by atoms with Gasteiger partial charge < -0.3 is 16.0 Å². The van der Waals surface area contributed by atoms with E-state index in [1.54, 1.807) is 0 Å². The van der Waals surface area contributed by atoms with Crippen molar-refractivity contribution in [1.82, 2.24) is 14.9 Å². The fourth-order valence-electron chi connectivity index (χ4n) is 1.28. The summed E-state index contributed by atoms with van der Waals surface area (Å²) in [4.78, 5) is 10.2. The summed E-state index contributed by atoms with van der Waals surface area (Å²) in [7, 11) is 4.08. The lowest BCUT2D eigenvalue weighted by Crippen LogP contribution is -2.17. The molecule has 0 fully saturated rings. The molecule has 6 heteroatoms. The molecule has 5 nitrogen and oxygen atoms in total. The zero-order chi connectivity index (χ0) is 12.1. The Morgan fingerprint density at radius 2 is 2.06 bits per heavy atom. The maximum Gasteiger partial charge on any atom is 0.224 e. The van der Waals surface area contributed by atoms with Crippen molar-refractivity contribution in [3.63, 3.8) is 0 Å². The second kappa shape index (κ2) is 5.86. The van der Waals surface area contributed by atoms with Gasteiger partial charge in [0, 0.05) is 6.54 Å². The highest BCUT2D eigenvalue weighted by Gasteiger charge is 2.06. The van der Waals surface area contributed by atoms with Crippen LogP contribution in [0, 0.1) is 6.92 Å². The Balaban J connectivity index is 2.53. The summed E-state index contributed by atoms with van der Waals surface area (Å²) in [6.07, 6.45) is 1.02. The smallest absolute Gasteiger partial charge is 0.224 e. The third-order valence-electron chi connectivity index (χ3n) is 2.18. The van der Waals surface area contributed by atoms with Crippen molar-refractivity contribution in [2.24, 2.45) is 0 Å². The summed E-state index contributed by atoms with van der Waals surface area (Å²) in [5, 5.41) is 3.39. The first-order chi connectivity index (χ1) is 7.50. The first kappa shape index (κ1) is 13.0. The Bertz CT molecular complexity index is 353. The Morgan fingerprint density at radius 1 is 1.38 bits per heavy atom. The normalized spacial score (nSPS) is 10.8. The van der Waals surface area contributed by atoms with Gasteiger partial charge in [0.1, 0.15) is 0 Å². The van der Waals surface area contributed by atoms with E-state index in [1.807, 2.05) is 21.0 Å². The number of aromatic nitrogens is 2. The summed E-state index contributed by atoms with van der Waals surface area (Å²) in [5.41, 5.74) is 7.10. The third-order valence-corrected chi connectivity index (χ3v) is 2.35. The second-order valence-electron chi connectivity index (χ2n) is 3.92. The molecular formula is C10H18ClN5. The Labute approximate surface area is 101 Å². The van der Waals surface area contributed by atoms with E-state index in [0.717, 1.165) is 19.5 Å². The number of nitrogens with one attached hydrogen (secondary N) is 1. The van der Waals surface area contributed by atoms with E-state index in [2.05, 4.69) is 20.2 Å². The minimum atomic E-state index is 0.224. The molecule has 1 heterocycles. The number of halogens is 1. The zero-order valence-electron chi connectivity index (χ0n) is 9.92. The van der Waals surface area contributed by atoms with E-state index in [1.165, 1.54) is 0 Å². The lowest BCUT2D eigenvalue weighted by Gasteiger charge is -2.12. The van der Waals surface area contributed by atoms with Crippen LogP contribution >= 0.6 is 11.6 Å². The van der Waals surface area contributed by atoms with Crippen molar-refractivity contribution in [1.29, 1.82) is 0 Å². The number of hydrogen-bond donors (Lipinski definition) is 2. The summed E-state index contributed by atoms with van der Waals surface area (Å²) >= 11 is 5.76. The monoisotopic (exact) mass is 243 g/mol. The lowest BCUT2D eigenvalue weighted by molar-refractivity contribution is 0.405. The van der Waals surface area contributed by atoms with Gasteiger partial charge in [0.05, 0.1) is 11.4 Å². The van der Waals surface area contributed by atoms with Crippen molar-refractivity contribution in [3.05, 3.63) is 11.0 Å². The third kappa shape index (κ3) is 3.83. The molecule has 0 saturated carbocycles. The molecule has 0 atom stereocenters. The van der Waals surface area contributed by atoms with Crippen molar-refractivity contribution in [2.45, 2.75) is 13.3 Å². The van der Waals surface area contributed by atoms with E-state index >= 15 is 0 Å². The van der Waals surface area contributed by atoms with Crippen LogP contribution < -0.4 is 11.1 Å². The van der Waals surface area contributed by atoms with Crippen LogP contribution in [0.5, 0.6) is 0 Å². The van der Waals surface area contributed by atoms with E-state index in [0.29, 0.717) is 17.2 Å². The lowest BCUT2D eigenvalue weighted by atomic mass is 10.3. The van der Waals surface area contributed by atoms with Crippen LogP contribution in [-0.2, 0) is 0 Å². The number of nitrogen functional groups attached to an aromatic ring is 1. The summed E-state index contributed by atoms with van der Waals surface area (Å²) in [6, 6.07) is 0. The van der Waals surface area contributed by atoms with E-state index < -0.39 is 0 Å². The average Bonchev–Trinajstić information content (AvgIpc) is 2.19. The van der Waals surface area contributed by atoms with Gasteiger partial charge in [-0.2, -0.15) is 4.98 Å². The number of nitrogens with zero attached hydrogens (tertiary/aromatic N) is 3.